The SMILES string of the molecule is O=C(NCCOC(=O)C1CC2CCC1C2)c1ccn[nH]1. The molecule has 1 aromatic heterocycles. The lowest BCUT2D eigenvalue weighted by atomic mass is 9.89. The van der Waals surface area contributed by atoms with Gasteiger partial charge in [-0.1, -0.05) is 6.42 Å². The van der Waals surface area contributed by atoms with E-state index in [2.05, 4.69) is 15.5 Å². The maximum Gasteiger partial charge on any atom is 0.309 e. The molecule has 1 amide bonds. The molecule has 6 nitrogen and oxygen atoms in total. The Morgan fingerprint density at radius 3 is 2.95 bits per heavy atom. The molecule has 2 bridgehead atoms. The lowest BCUT2D eigenvalue weighted by molar-refractivity contribution is -0.150. The number of hydrogen-bond donors (Lipinski definition) is 2. The Labute approximate surface area is 117 Å². The number of carbonyl (C=O) groups excluding carboxylic acids is 2. The van der Waals surface area contributed by atoms with Gasteiger partial charge in [0.2, 0.25) is 0 Å². The maximum absolute atomic E-state index is 12.0. The molecule has 108 valence electrons. The molecule has 0 radical (unpaired) electrons. The second-order valence-electron chi connectivity index (χ2n) is 5.68. The molecule has 3 unspecified atom stereocenters. The number of nitrogens with zero attached hydrogens (tertiary/aromatic N) is 1. The van der Waals surface area contributed by atoms with Crippen LogP contribution in [0.25, 0.3) is 0 Å². The number of nitrogens with one attached hydrogen (secondary N) is 2. The summed E-state index contributed by atoms with van der Waals surface area (Å²) in [5.74, 6) is 1.04. The standard InChI is InChI=1S/C14H19N3O3/c18-13(12-3-4-16-17-12)15-5-6-20-14(19)11-8-9-1-2-10(11)7-9/h3-4,9-11H,1-2,5-8H2,(H,15,18)(H,16,17). The second-order valence-corrected chi connectivity index (χ2v) is 5.68. The highest BCUT2D eigenvalue weighted by molar-refractivity contribution is 5.92. The molecule has 0 aromatic carbocycles. The fraction of sp³-hybridized carbons (Fsp3) is 0.643. The van der Waals surface area contributed by atoms with Crippen molar-refractivity contribution in [1.82, 2.24) is 15.5 Å². The van der Waals surface area contributed by atoms with Crippen LogP contribution in [-0.2, 0) is 9.53 Å². The van der Waals surface area contributed by atoms with Crippen LogP contribution in [0.15, 0.2) is 12.3 Å². The third kappa shape index (κ3) is 2.69. The fourth-order valence-corrected chi connectivity index (χ4v) is 3.43. The van der Waals surface area contributed by atoms with E-state index in [0.717, 1.165) is 12.3 Å². The number of hydrogen-bond acceptors (Lipinski definition) is 4. The first-order chi connectivity index (χ1) is 9.74. The van der Waals surface area contributed by atoms with E-state index in [9.17, 15) is 9.59 Å². The molecule has 2 aliphatic carbocycles. The monoisotopic (exact) mass is 277 g/mol. The normalized spacial score (nSPS) is 27.5. The van der Waals surface area contributed by atoms with Crippen LogP contribution in [0.1, 0.15) is 36.2 Å². The van der Waals surface area contributed by atoms with E-state index in [1.165, 1.54) is 25.5 Å². The predicted octanol–water partition coefficient (Wildman–Crippen LogP) is 1.12. The van der Waals surface area contributed by atoms with Gasteiger partial charge in [0.15, 0.2) is 0 Å². The molecule has 1 heterocycles. The third-order valence-corrected chi connectivity index (χ3v) is 4.42. The minimum atomic E-state index is -0.238. The van der Waals surface area contributed by atoms with Gasteiger partial charge in [-0.15, -0.1) is 0 Å². The van der Waals surface area contributed by atoms with Gasteiger partial charge < -0.3 is 10.1 Å². The Kier molecular flexibility index (Phi) is 3.71. The van der Waals surface area contributed by atoms with Crippen molar-refractivity contribution in [3.05, 3.63) is 18.0 Å². The number of esters is 1. The van der Waals surface area contributed by atoms with Crippen LogP contribution in [0.3, 0.4) is 0 Å². The van der Waals surface area contributed by atoms with Gasteiger partial charge in [-0.2, -0.15) is 5.10 Å². The molecule has 2 fully saturated rings. The summed E-state index contributed by atoms with van der Waals surface area (Å²) in [6.07, 6.45) is 6.14. The van der Waals surface area contributed by atoms with E-state index < -0.39 is 0 Å². The van der Waals surface area contributed by atoms with Crippen molar-refractivity contribution in [3.63, 3.8) is 0 Å². The summed E-state index contributed by atoms with van der Waals surface area (Å²) in [5.41, 5.74) is 0.407. The van der Waals surface area contributed by atoms with Gasteiger partial charge in [0, 0.05) is 6.20 Å². The fourth-order valence-electron chi connectivity index (χ4n) is 3.43. The number of fused-ring (bicyclic) bond motifs is 2. The second kappa shape index (κ2) is 5.64. The van der Waals surface area contributed by atoms with E-state index in [0.29, 0.717) is 18.2 Å². The van der Waals surface area contributed by atoms with Gasteiger partial charge in [-0.25, -0.2) is 0 Å². The largest absolute Gasteiger partial charge is 0.464 e. The Morgan fingerprint density at radius 1 is 1.40 bits per heavy atom. The first-order valence-corrected chi connectivity index (χ1v) is 7.18. The molecule has 0 spiro atoms. The molecule has 6 heteroatoms. The molecule has 3 rings (SSSR count). The average molecular weight is 277 g/mol. The first-order valence-electron chi connectivity index (χ1n) is 7.18. The van der Waals surface area contributed by atoms with Crippen LogP contribution in [0.2, 0.25) is 0 Å². The lowest BCUT2D eigenvalue weighted by Crippen LogP contribution is -2.30. The molecular weight excluding hydrogens is 258 g/mol. The highest BCUT2D eigenvalue weighted by Gasteiger charge is 2.43. The molecule has 2 saturated carbocycles. The highest BCUT2D eigenvalue weighted by Crippen LogP contribution is 2.48. The van der Waals surface area contributed by atoms with Crippen molar-refractivity contribution in [2.24, 2.45) is 17.8 Å². The summed E-state index contributed by atoms with van der Waals surface area (Å²) < 4.78 is 5.27. The Balaban J connectivity index is 1.36. The van der Waals surface area contributed by atoms with Gasteiger partial charge in [0.1, 0.15) is 12.3 Å². The van der Waals surface area contributed by atoms with E-state index in [4.69, 9.17) is 4.74 Å². The number of amides is 1. The van der Waals surface area contributed by atoms with Crippen molar-refractivity contribution in [2.75, 3.05) is 13.2 Å². The Hall–Kier alpha value is -1.85. The summed E-state index contributed by atoms with van der Waals surface area (Å²) in [4.78, 5) is 23.5. The summed E-state index contributed by atoms with van der Waals surface area (Å²) in [7, 11) is 0. The van der Waals surface area contributed by atoms with Crippen molar-refractivity contribution in [1.29, 1.82) is 0 Å². The van der Waals surface area contributed by atoms with Gasteiger partial charge in [-0.05, 0) is 37.2 Å². The number of aromatic amines is 1. The van der Waals surface area contributed by atoms with E-state index >= 15 is 0 Å². The van der Waals surface area contributed by atoms with E-state index in [1.807, 2.05) is 0 Å². The summed E-state index contributed by atoms with van der Waals surface area (Å²) in [6, 6.07) is 1.59. The average Bonchev–Trinajstić information content (AvgIpc) is 3.19. The molecule has 0 saturated heterocycles. The zero-order valence-electron chi connectivity index (χ0n) is 11.3. The minimum absolute atomic E-state index is 0.0898. The Morgan fingerprint density at radius 2 is 2.30 bits per heavy atom. The van der Waals surface area contributed by atoms with Crippen LogP contribution >= 0.6 is 0 Å². The summed E-state index contributed by atoms with van der Waals surface area (Å²) >= 11 is 0. The molecule has 3 atom stereocenters. The molecule has 20 heavy (non-hydrogen) atoms. The molecule has 2 aliphatic rings. The zero-order chi connectivity index (χ0) is 13.9. The Bertz CT molecular complexity index is 486. The van der Waals surface area contributed by atoms with Crippen LogP contribution in [-0.4, -0.2) is 35.2 Å². The van der Waals surface area contributed by atoms with Crippen molar-refractivity contribution in [2.45, 2.75) is 25.7 Å². The maximum atomic E-state index is 12.0. The van der Waals surface area contributed by atoms with E-state index in [1.54, 1.807) is 6.07 Å². The molecular formula is C14H19N3O3. The van der Waals surface area contributed by atoms with Crippen LogP contribution in [0.5, 0.6) is 0 Å². The quantitative estimate of drug-likeness (QED) is 0.624. The number of ether oxygens (including phenoxy) is 1. The smallest absolute Gasteiger partial charge is 0.309 e. The van der Waals surface area contributed by atoms with Crippen LogP contribution < -0.4 is 5.32 Å². The minimum Gasteiger partial charge on any atom is -0.464 e. The number of H-pyrrole nitrogens is 1. The molecule has 1 aromatic rings. The lowest BCUT2D eigenvalue weighted by Gasteiger charge is -2.19. The van der Waals surface area contributed by atoms with Gasteiger partial charge in [0.05, 0.1) is 12.5 Å². The summed E-state index contributed by atoms with van der Waals surface area (Å²) in [6.45, 7) is 0.553. The van der Waals surface area contributed by atoms with Crippen molar-refractivity contribution < 1.29 is 14.3 Å². The van der Waals surface area contributed by atoms with Crippen molar-refractivity contribution in [3.8, 4) is 0 Å². The zero-order valence-corrected chi connectivity index (χ0v) is 11.3. The molecule has 0 aliphatic heterocycles. The third-order valence-electron chi connectivity index (χ3n) is 4.42. The van der Waals surface area contributed by atoms with Gasteiger partial charge in [-0.3, -0.25) is 14.7 Å². The van der Waals surface area contributed by atoms with Crippen LogP contribution in [0.4, 0.5) is 0 Å². The number of carbonyl (C=O) groups is 2. The van der Waals surface area contributed by atoms with Crippen molar-refractivity contribution >= 4 is 11.9 Å². The topological polar surface area (TPSA) is 84.1 Å². The number of rotatable bonds is 5. The predicted molar refractivity (Wildman–Crippen MR) is 70.8 cm³/mol. The van der Waals surface area contributed by atoms with Gasteiger partial charge >= 0.3 is 5.97 Å². The summed E-state index contributed by atoms with van der Waals surface area (Å²) in [5, 5.41) is 8.96. The molecule has 2 N–H and O–H groups in total. The highest BCUT2D eigenvalue weighted by atomic mass is 16.5. The van der Waals surface area contributed by atoms with E-state index in [-0.39, 0.29) is 24.4 Å². The first kappa shape index (κ1) is 13.1. The van der Waals surface area contributed by atoms with Crippen LogP contribution in [0, 0.1) is 17.8 Å². The number of aromatic nitrogens is 2. The van der Waals surface area contributed by atoms with Gasteiger partial charge in [0.25, 0.3) is 5.91 Å².